The fourth-order valence-electron chi connectivity index (χ4n) is 4.02. The van der Waals surface area contributed by atoms with Gasteiger partial charge in [0, 0.05) is 30.6 Å². The number of rotatable bonds is 6. The highest BCUT2D eigenvalue weighted by Crippen LogP contribution is 2.43. The maximum atomic E-state index is 12.8. The summed E-state index contributed by atoms with van der Waals surface area (Å²) in [6, 6.07) is 16.2. The van der Waals surface area contributed by atoms with Crippen LogP contribution in [-0.4, -0.2) is 43.4 Å². The Morgan fingerprint density at radius 1 is 1.10 bits per heavy atom. The number of aromatic nitrogens is 6. The molecule has 0 radical (unpaired) electrons. The van der Waals surface area contributed by atoms with Crippen molar-refractivity contribution in [3.8, 4) is 33.8 Å². The van der Waals surface area contributed by atoms with Crippen LogP contribution < -0.4 is 5.32 Å². The van der Waals surface area contributed by atoms with E-state index in [0.29, 0.717) is 23.9 Å². The van der Waals surface area contributed by atoms with Crippen molar-refractivity contribution in [3.05, 3.63) is 59.8 Å². The standard InChI is InChI=1S/C23H23N7O/c1-3-30-21(19(23(31)24-2)20(27-30)15-10-11-15)16-12-8-14(9-13-16)17-6-4-5-7-18(17)22-25-28-29-26-22/h4-9,12-13,15H,3,10-11H2,1-2H3,(H,24,31)(H,25,26,28,29). The summed E-state index contributed by atoms with van der Waals surface area (Å²) in [5, 5.41) is 21.9. The minimum atomic E-state index is -0.0798. The fourth-order valence-corrected chi connectivity index (χ4v) is 4.02. The molecule has 4 aromatic rings. The molecule has 1 amide bonds. The SMILES string of the molecule is CCn1nc(C2CC2)c(C(=O)NC)c1-c1ccc(-c2ccccc2-c2nnn[nH]2)cc1. The third-order valence-corrected chi connectivity index (χ3v) is 5.69. The summed E-state index contributed by atoms with van der Waals surface area (Å²) in [6.45, 7) is 2.76. The lowest BCUT2D eigenvalue weighted by atomic mass is 9.96. The molecule has 1 aliphatic rings. The number of aryl methyl sites for hydroxylation is 1. The highest BCUT2D eigenvalue weighted by molar-refractivity contribution is 6.01. The van der Waals surface area contributed by atoms with Crippen molar-refractivity contribution in [2.45, 2.75) is 32.2 Å². The molecule has 31 heavy (non-hydrogen) atoms. The number of aromatic amines is 1. The third-order valence-electron chi connectivity index (χ3n) is 5.69. The molecule has 1 aliphatic carbocycles. The quantitative estimate of drug-likeness (QED) is 0.502. The Morgan fingerprint density at radius 2 is 1.81 bits per heavy atom. The van der Waals surface area contributed by atoms with Crippen LogP contribution in [0.2, 0.25) is 0 Å². The van der Waals surface area contributed by atoms with Gasteiger partial charge in [0.05, 0.1) is 17.0 Å². The van der Waals surface area contributed by atoms with E-state index in [1.54, 1.807) is 7.05 Å². The molecule has 2 heterocycles. The van der Waals surface area contributed by atoms with Gasteiger partial charge in [-0.05, 0) is 41.3 Å². The first-order valence-electron chi connectivity index (χ1n) is 10.5. The smallest absolute Gasteiger partial charge is 0.255 e. The number of hydrogen-bond donors (Lipinski definition) is 2. The second kappa shape index (κ2) is 7.79. The van der Waals surface area contributed by atoms with Crippen LogP contribution in [0.3, 0.4) is 0 Å². The number of carbonyl (C=O) groups excluding carboxylic acids is 1. The van der Waals surface area contributed by atoms with E-state index in [9.17, 15) is 4.79 Å². The molecule has 2 N–H and O–H groups in total. The molecule has 0 bridgehead atoms. The van der Waals surface area contributed by atoms with Gasteiger partial charge in [-0.1, -0.05) is 48.5 Å². The Bertz CT molecular complexity index is 1220. The summed E-state index contributed by atoms with van der Waals surface area (Å²) in [7, 11) is 1.67. The Balaban J connectivity index is 1.59. The molecule has 8 nitrogen and oxygen atoms in total. The van der Waals surface area contributed by atoms with Crippen molar-refractivity contribution in [2.75, 3.05) is 7.05 Å². The van der Waals surface area contributed by atoms with E-state index in [1.165, 1.54) is 0 Å². The molecular formula is C23H23N7O. The van der Waals surface area contributed by atoms with Gasteiger partial charge in [-0.15, -0.1) is 5.10 Å². The third kappa shape index (κ3) is 3.39. The predicted octanol–water partition coefficient (Wildman–Crippen LogP) is 3.65. The minimum Gasteiger partial charge on any atom is -0.355 e. The first-order valence-corrected chi connectivity index (χ1v) is 10.5. The number of benzene rings is 2. The molecular weight excluding hydrogens is 390 g/mol. The van der Waals surface area contributed by atoms with Crippen LogP contribution in [0.5, 0.6) is 0 Å². The lowest BCUT2D eigenvalue weighted by Crippen LogP contribution is -2.19. The van der Waals surface area contributed by atoms with Gasteiger partial charge in [-0.2, -0.15) is 5.10 Å². The lowest BCUT2D eigenvalue weighted by molar-refractivity contribution is 0.0962. The minimum absolute atomic E-state index is 0.0798. The van der Waals surface area contributed by atoms with E-state index in [-0.39, 0.29) is 5.91 Å². The molecule has 5 rings (SSSR count). The zero-order valence-electron chi connectivity index (χ0n) is 17.5. The number of tetrazole rings is 1. The Kier molecular flexibility index (Phi) is 4.82. The van der Waals surface area contributed by atoms with Gasteiger partial charge in [0.1, 0.15) is 0 Å². The maximum absolute atomic E-state index is 12.8. The van der Waals surface area contributed by atoms with Crippen LogP contribution in [0.15, 0.2) is 48.5 Å². The van der Waals surface area contributed by atoms with Gasteiger partial charge in [0.15, 0.2) is 5.82 Å². The summed E-state index contributed by atoms with van der Waals surface area (Å²) in [5.41, 5.74) is 6.48. The van der Waals surface area contributed by atoms with E-state index in [4.69, 9.17) is 5.10 Å². The fraction of sp³-hybridized carbons (Fsp3) is 0.261. The topological polar surface area (TPSA) is 101 Å². The maximum Gasteiger partial charge on any atom is 0.255 e. The highest BCUT2D eigenvalue weighted by atomic mass is 16.1. The number of carbonyl (C=O) groups is 1. The predicted molar refractivity (Wildman–Crippen MR) is 117 cm³/mol. The monoisotopic (exact) mass is 413 g/mol. The van der Waals surface area contributed by atoms with Gasteiger partial charge in [0.2, 0.25) is 0 Å². The van der Waals surface area contributed by atoms with Crippen LogP contribution in [0.25, 0.3) is 33.8 Å². The average molecular weight is 413 g/mol. The molecule has 8 heteroatoms. The average Bonchev–Trinajstić information content (AvgIpc) is 3.37. The molecule has 2 aromatic carbocycles. The Labute approximate surface area is 179 Å². The number of hydrogen-bond acceptors (Lipinski definition) is 5. The lowest BCUT2D eigenvalue weighted by Gasteiger charge is -2.11. The first kappa shape index (κ1) is 19.2. The summed E-state index contributed by atoms with van der Waals surface area (Å²) >= 11 is 0. The van der Waals surface area contributed by atoms with Crippen LogP contribution in [0.4, 0.5) is 0 Å². The van der Waals surface area contributed by atoms with Crippen LogP contribution in [-0.2, 0) is 6.54 Å². The van der Waals surface area contributed by atoms with E-state index < -0.39 is 0 Å². The van der Waals surface area contributed by atoms with E-state index in [0.717, 1.165) is 46.5 Å². The summed E-state index contributed by atoms with van der Waals surface area (Å²) in [5.74, 6) is 0.934. The highest BCUT2D eigenvalue weighted by Gasteiger charge is 2.34. The molecule has 2 aromatic heterocycles. The van der Waals surface area contributed by atoms with Gasteiger partial charge >= 0.3 is 0 Å². The zero-order chi connectivity index (χ0) is 21.4. The van der Waals surface area contributed by atoms with Crippen LogP contribution >= 0.6 is 0 Å². The second-order valence-electron chi connectivity index (χ2n) is 7.65. The van der Waals surface area contributed by atoms with Gasteiger partial charge < -0.3 is 5.32 Å². The van der Waals surface area contributed by atoms with Gasteiger partial charge in [-0.25, -0.2) is 5.10 Å². The number of amides is 1. The molecule has 156 valence electrons. The summed E-state index contributed by atoms with van der Waals surface area (Å²) in [6.07, 6.45) is 2.19. The van der Waals surface area contributed by atoms with Crippen molar-refractivity contribution in [3.63, 3.8) is 0 Å². The van der Waals surface area contributed by atoms with Crippen LogP contribution in [0, 0.1) is 0 Å². The summed E-state index contributed by atoms with van der Waals surface area (Å²) < 4.78 is 1.95. The molecule has 1 fully saturated rings. The molecule has 0 aliphatic heterocycles. The Morgan fingerprint density at radius 3 is 2.42 bits per heavy atom. The van der Waals surface area contributed by atoms with Crippen molar-refractivity contribution >= 4 is 5.91 Å². The summed E-state index contributed by atoms with van der Waals surface area (Å²) in [4.78, 5) is 12.8. The molecule has 1 saturated carbocycles. The van der Waals surface area contributed by atoms with Crippen molar-refractivity contribution < 1.29 is 4.79 Å². The number of nitrogens with one attached hydrogen (secondary N) is 2. The van der Waals surface area contributed by atoms with E-state index in [2.05, 4.69) is 57.1 Å². The second-order valence-corrected chi connectivity index (χ2v) is 7.65. The molecule has 0 atom stereocenters. The normalized spacial score (nSPS) is 13.4. The largest absolute Gasteiger partial charge is 0.355 e. The van der Waals surface area contributed by atoms with Crippen molar-refractivity contribution in [1.29, 1.82) is 0 Å². The van der Waals surface area contributed by atoms with Crippen LogP contribution in [0.1, 0.15) is 41.7 Å². The molecule has 0 unspecified atom stereocenters. The number of nitrogens with zero attached hydrogens (tertiary/aromatic N) is 5. The molecule has 0 spiro atoms. The first-order chi connectivity index (χ1) is 15.2. The Hall–Kier alpha value is -3.81. The van der Waals surface area contributed by atoms with Crippen molar-refractivity contribution in [1.82, 2.24) is 35.7 Å². The van der Waals surface area contributed by atoms with Gasteiger partial charge in [0.25, 0.3) is 5.91 Å². The van der Waals surface area contributed by atoms with E-state index in [1.807, 2.05) is 28.9 Å². The zero-order valence-corrected chi connectivity index (χ0v) is 17.5. The number of H-pyrrole nitrogens is 1. The van der Waals surface area contributed by atoms with E-state index >= 15 is 0 Å². The van der Waals surface area contributed by atoms with Crippen molar-refractivity contribution in [2.24, 2.45) is 0 Å². The molecule has 0 saturated heterocycles. The van der Waals surface area contributed by atoms with Gasteiger partial charge in [-0.3, -0.25) is 9.48 Å².